The second-order valence-corrected chi connectivity index (χ2v) is 14.4. The van der Waals surface area contributed by atoms with E-state index in [0.717, 1.165) is 18.2 Å². The molecule has 1 saturated carbocycles. The van der Waals surface area contributed by atoms with Crippen molar-refractivity contribution in [1.29, 1.82) is 0 Å². The average Bonchev–Trinajstić information content (AvgIpc) is 2.75. The molecule has 0 radical (unpaired) electrons. The van der Waals surface area contributed by atoms with Crippen molar-refractivity contribution < 1.29 is 48.0 Å². The van der Waals surface area contributed by atoms with Crippen molar-refractivity contribution in [2.24, 2.45) is 5.92 Å². The minimum atomic E-state index is -4.87. The molecule has 0 unspecified atom stereocenters. The van der Waals surface area contributed by atoms with Crippen LogP contribution < -0.4 is 5.32 Å². The van der Waals surface area contributed by atoms with Gasteiger partial charge in [0, 0.05) is 18.5 Å². The number of sulfone groups is 2. The zero-order chi connectivity index (χ0) is 28.9. The van der Waals surface area contributed by atoms with Crippen molar-refractivity contribution in [2.45, 2.75) is 66.0 Å². The van der Waals surface area contributed by atoms with Crippen LogP contribution in [0.1, 0.15) is 54.7 Å². The fraction of sp³-hybridized carbons (Fsp3) is 0.478. The van der Waals surface area contributed by atoms with Gasteiger partial charge in [0.1, 0.15) is 5.69 Å². The van der Waals surface area contributed by atoms with Crippen LogP contribution in [-0.2, 0) is 32.0 Å². The number of carbonyl (C=O) groups excluding carboxylic acids is 1. The Bertz CT molecular complexity index is 1450. The number of hydrogen-bond donors (Lipinski definition) is 1. The second-order valence-electron chi connectivity index (χ2n) is 9.84. The Morgan fingerprint density at radius 2 is 1.55 bits per heavy atom. The monoisotopic (exact) mass is 586 g/mol. The van der Waals surface area contributed by atoms with E-state index in [4.69, 9.17) is 0 Å². The smallest absolute Gasteiger partial charge is 0.348 e. The third kappa shape index (κ3) is 6.30. The summed E-state index contributed by atoms with van der Waals surface area (Å²) in [4.78, 5) is 14.7. The predicted octanol–water partition coefficient (Wildman–Crippen LogP) is 4.67. The highest BCUT2D eigenvalue weighted by molar-refractivity contribution is 7.92. The van der Waals surface area contributed by atoms with Gasteiger partial charge >= 0.3 is 12.4 Å². The first kappa shape index (κ1) is 29.9. The second kappa shape index (κ2) is 9.81. The van der Waals surface area contributed by atoms with Crippen molar-refractivity contribution >= 4 is 25.6 Å². The molecule has 0 spiro atoms. The Labute approximate surface area is 215 Å². The molecule has 210 valence electrons. The summed E-state index contributed by atoms with van der Waals surface area (Å²) in [5.74, 6) is -1.25. The first-order chi connectivity index (χ1) is 17.1. The van der Waals surface area contributed by atoms with Gasteiger partial charge in [-0.25, -0.2) is 21.8 Å². The fourth-order valence-electron chi connectivity index (χ4n) is 4.29. The molecule has 1 amide bonds. The molecule has 15 heteroatoms. The summed E-state index contributed by atoms with van der Waals surface area (Å²) in [5.41, 5.74) is -3.12. The molecule has 1 fully saturated rings. The van der Waals surface area contributed by atoms with Crippen LogP contribution >= 0.6 is 0 Å². The minimum Gasteiger partial charge on any atom is -0.348 e. The lowest BCUT2D eigenvalue weighted by Crippen LogP contribution is -2.47. The number of pyridine rings is 1. The van der Waals surface area contributed by atoms with Crippen molar-refractivity contribution in [2.75, 3.05) is 6.26 Å². The zero-order valence-corrected chi connectivity index (χ0v) is 21.9. The number of rotatable bonds is 7. The summed E-state index contributed by atoms with van der Waals surface area (Å²) in [6.07, 6.45) is -7.99. The van der Waals surface area contributed by atoms with E-state index in [-0.39, 0.29) is 25.2 Å². The van der Waals surface area contributed by atoms with Gasteiger partial charge in [0.2, 0.25) is 0 Å². The number of alkyl halides is 6. The van der Waals surface area contributed by atoms with Gasteiger partial charge < -0.3 is 5.32 Å². The molecular weight excluding hydrogens is 562 g/mol. The van der Waals surface area contributed by atoms with E-state index in [0.29, 0.717) is 24.6 Å². The quantitative estimate of drug-likeness (QED) is 0.472. The average molecular weight is 587 g/mol. The standard InChI is InChI=1S/C23H24F6N2O5S2/c1-21(2,38(35,36)17-6-4-5-14(9-17)22(24,25)26)11-13-7-16(8-13)31-20(32)19-18(37(3,33)34)10-15(12-30-19)23(27,28)29/h4-6,9-10,12-13,16H,7-8,11H2,1-3H3,(H,31,32)/t13-,16+. The first-order valence-corrected chi connectivity index (χ1v) is 14.5. The Morgan fingerprint density at radius 3 is 2.08 bits per heavy atom. The lowest BCUT2D eigenvalue weighted by molar-refractivity contribution is -0.138. The summed E-state index contributed by atoms with van der Waals surface area (Å²) in [5, 5.41) is 2.49. The number of benzene rings is 1. The van der Waals surface area contributed by atoms with Crippen LogP contribution in [0, 0.1) is 5.92 Å². The maximum Gasteiger partial charge on any atom is 0.417 e. The number of aromatic nitrogens is 1. The maximum absolute atomic E-state index is 13.1. The SMILES string of the molecule is CC(C)(C[C@H]1C[C@@H](NC(=O)c2ncc(C(F)(F)F)cc2S(C)(=O)=O)C1)S(=O)(=O)c1cccc(C(F)(F)F)c1. The molecule has 1 N–H and O–H groups in total. The third-order valence-electron chi connectivity index (χ3n) is 6.34. The van der Waals surface area contributed by atoms with Gasteiger partial charge in [0.15, 0.2) is 19.7 Å². The molecule has 0 bridgehead atoms. The van der Waals surface area contributed by atoms with Crippen LogP contribution in [0.3, 0.4) is 0 Å². The number of hydrogen-bond acceptors (Lipinski definition) is 6. The molecule has 0 saturated heterocycles. The normalized spacial score (nSPS) is 19.1. The highest BCUT2D eigenvalue weighted by Crippen LogP contribution is 2.40. The largest absolute Gasteiger partial charge is 0.417 e. The van der Waals surface area contributed by atoms with Gasteiger partial charge in [-0.3, -0.25) is 4.79 Å². The number of carbonyl (C=O) groups is 1. The van der Waals surface area contributed by atoms with Gasteiger partial charge in [-0.15, -0.1) is 0 Å². The summed E-state index contributed by atoms with van der Waals surface area (Å²) in [6, 6.07) is 3.26. The van der Waals surface area contributed by atoms with E-state index in [1.54, 1.807) is 0 Å². The minimum absolute atomic E-state index is 0.0606. The van der Waals surface area contributed by atoms with Crippen molar-refractivity contribution in [3.8, 4) is 0 Å². The van der Waals surface area contributed by atoms with Gasteiger partial charge in [-0.2, -0.15) is 26.3 Å². The Kier molecular flexibility index (Phi) is 7.71. The Morgan fingerprint density at radius 1 is 0.974 bits per heavy atom. The van der Waals surface area contributed by atoms with E-state index >= 15 is 0 Å². The molecule has 1 aromatic carbocycles. The summed E-state index contributed by atoms with van der Waals surface area (Å²) < 4.78 is 127. The number of nitrogens with one attached hydrogen (secondary N) is 1. The maximum atomic E-state index is 13.1. The number of halogens is 6. The zero-order valence-electron chi connectivity index (χ0n) is 20.3. The lowest BCUT2D eigenvalue weighted by atomic mass is 9.75. The number of amides is 1. The highest BCUT2D eigenvalue weighted by atomic mass is 32.2. The van der Waals surface area contributed by atoms with E-state index in [1.807, 2.05) is 0 Å². The highest BCUT2D eigenvalue weighted by Gasteiger charge is 2.43. The van der Waals surface area contributed by atoms with Crippen molar-refractivity contribution in [3.05, 3.63) is 53.3 Å². The lowest BCUT2D eigenvalue weighted by Gasteiger charge is -2.40. The molecule has 1 aromatic heterocycles. The van der Waals surface area contributed by atoms with Crippen LogP contribution in [0.25, 0.3) is 0 Å². The van der Waals surface area contributed by atoms with Gasteiger partial charge in [-0.1, -0.05) is 6.07 Å². The van der Waals surface area contributed by atoms with E-state index in [9.17, 15) is 48.0 Å². The summed E-state index contributed by atoms with van der Waals surface area (Å²) in [6.45, 7) is 2.78. The predicted molar refractivity (Wildman–Crippen MR) is 124 cm³/mol. The van der Waals surface area contributed by atoms with Crippen molar-refractivity contribution in [1.82, 2.24) is 10.3 Å². The molecule has 7 nitrogen and oxygen atoms in total. The van der Waals surface area contributed by atoms with Crippen LogP contribution in [-0.4, -0.2) is 44.8 Å². The Hall–Kier alpha value is -2.68. The molecular formula is C23H24F6N2O5S2. The Balaban J connectivity index is 1.69. The summed E-state index contributed by atoms with van der Waals surface area (Å²) >= 11 is 0. The van der Waals surface area contributed by atoms with Crippen LogP contribution in [0.2, 0.25) is 0 Å². The first-order valence-electron chi connectivity index (χ1n) is 11.1. The summed E-state index contributed by atoms with van der Waals surface area (Å²) in [7, 11) is -8.41. The number of nitrogens with zero attached hydrogens (tertiary/aromatic N) is 1. The van der Waals surface area contributed by atoms with E-state index in [2.05, 4.69) is 10.3 Å². The molecule has 0 aliphatic heterocycles. The van der Waals surface area contributed by atoms with Gasteiger partial charge in [0.05, 0.1) is 25.7 Å². The molecule has 1 heterocycles. The van der Waals surface area contributed by atoms with E-state index in [1.165, 1.54) is 13.8 Å². The molecule has 2 aromatic rings. The van der Waals surface area contributed by atoms with Crippen LogP contribution in [0.5, 0.6) is 0 Å². The fourth-order valence-corrected chi connectivity index (χ4v) is 6.76. The van der Waals surface area contributed by atoms with E-state index < -0.39 is 75.3 Å². The molecule has 38 heavy (non-hydrogen) atoms. The van der Waals surface area contributed by atoms with Gasteiger partial charge in [-0.05, 0) is 63.3 Å². The third-order valence-corrected chi connectivity index (χ3v) is 9.95. The van der Waals surface area contributed by atoms with Crippen molar-refractivity contribution in [3.63, 3.8) is 0 Å². The van der Waals surface area contributed by atoms with Gasteiger partial charge in [0.25, 0.3) is 5.91 Å². The molecule has 1 aliphatic rings. The van der Waals surface area contributed by atoms with Crippen LogP contribution in [0.4, 0.5) is 26.3 Å². The molecule has 1 aliphatic carbocycles. The van der Waals surface area contributed by atoms with Crippen LogP contribution in [0.15, 0.2) is 46.3 Å². The molecule has 0 atom stereocenters. The molecule has 3 rings (SSSR count). The topological polar surface area (TPSA) is 110 Å².